The molecule has 0 bridgehead atoms. The molecule has 0 unspecified atom stereocenters. The van der Waals surface area contributed by atoms with Crippen molar-refractivity contribution in [1.29, 1.82) is 0 Å². The molecule has 4 nitrogen and oxygen atoms in total. The van der Waals surface area contributed by atoms with Gasteiger partial charge < -0.3 is 4.90 Å². The van der Waals surface area contributed by atoms with E-state index in [1.54, 1.807) is 17.2 Å². The van der Waals surface area contributed by atoms with Crippen molar-refractivity contribution < 1.29 is 9.59 Å². The Labute approximate surface area is 100.0 Å². The Morgan fingerprint density at radius 2 is 2.06 bits per heavy atom. The molecule has 0 spiro atoms. The Bertz CT molecular complexity index is 430. The lowest BCUT2D eigenvalue weighted by molar-refractivity contribution is -0.130. The molecule has 1 fully saturated rings. The number of rotatable bonds is 2. The van der Waals surface area contributed by atoms with Gasteiger partial charge in [0.25, 0.3) is 0 Å². The van der Waals surface area contributed by atoms with Crippen LogP contribution in [-0.4, -0.2) is 34.7 Å². The van der Waals surface area contributed by atoms with E-state index in [2.05, 4.69) is 4.98 Å². The molecular weight excluding hydrogens is 216 g/mol. The minimum Gasteiger partial charge on any atom is -0.338 e. The van der Waals surface area contributed by atoms with Crippen LogP contribution in [0.1, 0.15) is 18.5 Å². The van der Waals surface area contributed by atoms with Gasteiger partial charge in [-0.2, -0.15) is 0 Å². The van der Waals surface area contributed by atoms with E-state index in [1.807, 2.05) is 18.2 Å². The van der Waals surface area contributed by atoms with Crippen LogP contribution in [0.4, 0.5) is 0 Å². The fraction of sp³-hybridized carbons (Fsp3) is 0.308. The fourth-order valence-corrected chi connectivity index (χ4v) is 1.71. The van der Waals surface area contributed by atoms with Crippen LogP contribution in [-0.2, 0) is 9.59 Å². The van der Waals surface area contributed by atoms with Crippen molar-refractivity contribution in [2.75, 3.05) is 13.1 Å². The summed E-state index contributed by atoms with van der Waals surface area (Å²) in [4.78, 5) is 28.6. The third-order valence-corrected chi connectivity index (χ3v) is 2.72. The Morgan fingerprint density at radius 1 is 1.29 bits per heavy atom. The van der Waals surface area contributed by atoms with Crippen LogP contribution in [0, 0.1) is 0 Å². The molecule has 0 aliphatic carbocycles. The van der Waals surface area contributed by atoms with Gasteiger partial charge in [0.1, 0.15) is 5.78 Å². The van der Waals surface area contributed by atoms with Gasteiger partial charge in [0.15, 0.2) is 0 Å². The third kappa shape index (κ3) is 3.24. The van der Waals surface area contributed by atoms with E-state index in [-0.39, 0.29) is 11.7 Å². The SMILES string of the molecule is O=C1CCN(C(=O)/C=C/c2ccccn2)CC1. The Balaban J connectivity index is 1.93. The van der Waals surface area contributed by atoms with Gasteiger partial charge in [0.2, 0.25) is 5.91 Å². The van der Waals surface area contributed by atoms with E-state index in [0.717, 1.165) is 5.69 Å². The minimum atomic E-state index is -0.0526. The molecule has 1 aliphatic rings. The quantitative estimate of drug-likeness (QED) is 0.719. The van der Waals surface area contributed by atoms with Gasteiger partial charge in [-0.05, 0) is 18.2 Å². The van der Waals surface area contributed by atoms with Crippen LogP contribution < -0.4 is 0 Å². The zero-order valence-corrected chi connectivity index (χ0v) is 9.50. The van der Waals surface area contributed by atoms with Gasteiger partial charge in [0.05, 0.1) is 5.69 Å². The number of ketones is 1. The maximum atomic E-state index is 11.8. The molecule has 0 radical (unpaired) electrons. The molecule has 1 amide bonds. The Kier molecular flexibility index (Phi) is 3.65. The van der Waals surface area contributed by atoms with Crippen molar-refractivity contribution in [3.8, 4) is 0 Å². The predicted molar refractivity (Wildman–Crippen MR) is 64.1 cm³/mol. The van der Waals surface area contributed by atoms with Gasteiger partial charge in [-0.25, -0.2) is 0 Å². The second-order valence-electron chi connectivity index (χ2n) is 3.95. The molecule has 0 saturated carbocycles. The number of carbonyl (C=O) groups excluding carboxylic acids is 2. The van der Waals surface area contributed by atoms with Crippen molar-refractivity contribution in [3.63, 3.8) is 0 Å². The zero-order chi connectivity index (χ0) is 12.1. The molecule has 1 aromatic rings. The monoisotopic (exact) mass is 230 g/mol. The second kappa shape index (κ2) is 5.39. The molecule has 2 heterocycles. The highest BCUT2D eigenvalue weighted by Crippen LogP contribution is 2.07. The van der Waals surface area contributed by atoms with E-state index in [1.165, 1.54) is 6.08 Å². The van der Waals surface area contributed by atoms with Crippen LogP contribution in [0.3, 0.4) is 0 Å². The first kappa shape index (κ1) is 11.5. The van der Waals surface area contributed by atoms with Gasteiger partial charge in [-0.15, -0.1) is 0 Å². The first-order chi connectivity index (χ1) is 8.25. The topological polar surface area (TPSA) is 50.3 Å². The molecule has 1 aromatic heterocycles. The summed E-state index contributed by atoms with van der Waals surface area (Å²) >= 11 is 0. The second-order valence-corrected chi connectivity index (χ2v) is 3.95. The molecule has 4 heteroatoms. The summed E-state index contributed by atoms with van der Waals surface area (Å²) in [5.41, 5.74) is 0.758. The number of hydrogen-bond donors (Lipinski definition) is 0. The molecule has 17 heavy (non-hydrogen) atoms. The Morgan fingerprint density at radius 3 is 2.71 bits per heavy atom. The van der Waals surface area contributed by atoms with E-state index in [0.29, 0.717) is 25.9 Å². The molecule has 88 valence electrons. The molecule has 0 N–H and O–H groups in total. The lowest BCUT2D eigenvalue weighted by Gasteiger charge is -2.24. The van der Waals surface area contributed by atoms with E-state index >= 15 is 0 Å². The number of likely N-dealkylation sites (tertiary alicyclic amines) is 1. The standard InChI is InChI=1S/C13H14N2O2/c16-12-6-9-15(10-7-12)13(17)5-4-11-3-1-2-8-14-11/h1-5,8H,6-7,9-10H2/b5-4+. The molecule has 0 aromatic carbocycles. The molecule has 1 aliphatic heterocycles. The summed E-state index contributed by atoms with van der Waals surface area (Å²) in [6, 6.07) is 5.54. The zero-order valence-electron chi connectivity index (χ0n) is 9.50. The molecule has 1 saturated heterocycles. The number of hydrogen-bond acceptors (Lipinski definition) is 3. The molecule has 2 rings (SSSR count). The first-order valence-electron chi connectivity index (χ1n) is 5.65. The largest absolute Gasteiger partial charge is 0.338 e. The average Bonchev–Trinajstić information content (AvgIpc) is 2.38. The number of pyridine rings is 1. The molecular formula is C13H14N2O2. The van der Waals surface area contributed by atoms with Gasteiger partial charge >= 0.3 is 0 Å². The number of carbonyl (C=O) groups is 2. The van der Waals surface area contributed by atoms with Crippen LogP contribution in [0.2, 0.25) is 0 Å². The summed E-state index contributed by atoms with van der Waals surface area (Å²) in [6.45, 7) is 1.06. The summed E-state index contributed by atoms with van der Waals surface area (Å²) < 4.78 is 0. The number of nitrogens with zero attached hydrogens (tertiary/aromatic N) is 2. The van der Waals surface area contributed by atoms with Crippen molar-refractivity contribution >= 4 is 17.8 Å². The van der Waals surface area contributed by atoms with Gasteiger partial charge in [-0.3, -0.25) is 14.6 Å². The van der Waals surface area contributed by atoms with Crippen molar-refractivity contribution in [1.82, 2.24) is 9.88 Å². The van der Waals surface area contributed by atoms with E-state index in [4.69, 9.17) is 0 Å². The lowest BCUT2D eigenvalue weighted by Crippen LogP contribution is -2.37. The summed E-state index contributed by atoms with van der Waals surface area (Å²) in [5, 5.41) is 0. The van der Waals surface area contributed by atoms with Crippen LogP contribution in [0.25, 0.3) is 6.08 Å². The maximum Gasteiger partial charge on any atom is 0.246 e. The van der Waals surface area contributed by atoms with Crippen molar-refractivity contribution in [2.45, 2.75) is 12.8 Å². The number of amides is 1. The van der Waals surface area contributed by atoms with Crippen molar-refractivity contribution in [3.05, 3.63) is 36.2 Å². The third-order valence-electron chi connectivity index (χ3n) is 2.72. The lowest BCUT2D eigenvalue weighted by atomic mass is 10.1. The number of aromatic nitrogens is 1. The highest BCUT2D eigenvalue weighted by Gasteiger charge is 2.18. The Hall–Kier alpha value is -1.97. The van der Waals surface area contributed by atoms with Crippen molar-refractivity contribution in [2.24, 2.45) is 0 Å². The normalized spacial score (nSPS) is 16.5. The smallest absolute Gasteiger partial charge is 0.246 e. The molecule has 0 atom stereocenters. The predicted octanol–water partition coefficient (Wildman–Crippen LogP) is 1.29. The van der Waals surface area contributed by atoms with Crippen LogP contribution >= 0.6 is 0 Å². The summed E-state index contributed by atoms with van der Waals surface area (Å²) in [7, 11) is 0. The van der Waals surface area contributed by atoms with E-state index in [9.17, 15) is 9.59 Å². The van der Waals surface area contributed by atoms with Gasteiger partial charge in [0, 0.05) is 38.2 Å². The van der Waals surface area contributed by atoms with Crippen LogP contribution in [0.5, 0.6) is 0 Å². The van der Waals surface area contributed by atoms with E-state index < -0.39 is 0 Å². The van der Waals surface area contributed by atoms with Crippen LogP contribution in [0.15, 0.2) is 30.5 Å². The highest BCUT2D eigenvalue weighted by molar-refractivity contribution is 5.93. The van der Waals surface area contributed by atoms with Gasteiger partial charge in [-0.1, -0.05) is 6.07 Å². The number of piperidine rings is 1. The summed E-state index contributed by atoms with van der Waals surface area (Å²) in [6.07, 6.45) is 5.84. The summed E-state index contributed by atoms with van der Waals surface area (Å²) in [5.74, 6) is 0.186. The number of Topliss-reactive ketones (excluding diaryl/α,β-unsaturated/α-hetero) is 1. The minimum absolute atomic E-state index is 0.0526. The first-order valence-corrected chi connectivity index (χ1v) is 5.65. The fourth-order valence-electron chi connectivity index (χ4n) is 1.71. The highest BCUT2D eigenvalue weighted by atomic mass is 16.2. The maximum absolute atomic E-state index is 11.8. The average molecular weight is 230 g/mol.